The van der Waals surface area contributed by atoms with Crippen LogP contribution in [-0.2, 0) is 14.4 Å². The molecule has 1 atom stereocenters. The molecule has 0 unspecified atom stereocenters. The van der Waals surface area contributed by atoms with Crippen LogP contribution in [0.25, 0.3) is 0 Å². The Morgan fingerprint density at radius 2 is 1.36 bits per heavy atom. The average Bonchev–Trinajstić information content (AvgIpc) is 2.68. The van der Waals surface area contributed by atoms with Gasteiger partial charge in [-0.15, -0.1) is 0 Å². The van der Waals surface area contributed by atoms with E-state index in [9.17, 15) is 14.4 Å². The van der Waals surface area contributed by atoms with E-state index >= 15 is 0 Å². The zero-order valence-corrected chi connectivity index (χ0v) is 17.8. The van der Waals surface area contributed by atoms with Crippen LogP contribution in [0.1, 0.15) is 110 Å². The largest absolute Gasteiger partial charge is 0.481 e. The first-order chi connectivity index (χ1) is 13.6. The summed E-state index contributed by atoms with van der Waals surface area (Å²) in [5.74, 6) is -1.13. The van der Waals surface area contributed by atoms with Crippen LogP contribution in [0.2, 0.25) is 0 Å². The van der Waals surface area contributed by atoms with Crippen molar-refractivity contribution >= 4 is 18.2 Å². The number of unbranched alkanes of at least 4 members (excludes halogenated alkanes) is 11. The Kier molecular flexibility index (Phi) is 18.9. The second-order valence-electron chi connectivity index (χ2n) is 7.58. The van der Waals surface area contributed by atoms with Crippen LogP contribution >= 0.6 is 0 Å². The van der Waals surface area contributed by atoms with Crippen molar-refractivity contribution in [3.8, 4) is 0 Å². The van der Waals surface area contributed by atoms with Crippen molar-refractivity contribution in [3.63, 3.8) is 0 Å². The number of aldehydes is 1. The third-order valence-electron chi connectivity index (χ3n) is 4.85. The Labute approximate surface area is 171 Å². The third kappa shape index (κ3) is 19.1. The number of allylic oxidation sites excluding steroid dienone is 2. The highest BCUT2D eigenvalue weighted by atomic mass is 16.4. The molecule has 0 aliphatic carbocycles. The zero-order chi connectivity index (χ0) is 20.9. The lowest BCUT2D eigenvalue weighted by Gasteiger charge is -2.11. The quantitative estimate of drug-likeness (QED) is 0.160. The van der Waals surface area contributed by atoms with E-state index in [1.165, 1.54) is 57.8 Å². The summed E-state index contributed by atoms with van der Waals surface area (Å²) in [7, 11) is 0. The summed E-state index contributed by atoms with van der Waals surface area (Å²) in [4.78, 5) is 33.1. The average molecular weight is 396 g/mol. The molecular formula is C23H41NO4. The maximum absolute atomic E-state index is 11.8. The second kappa shape index (κ2) is 20.1. The van der Waals surface area contributed by atoms with Gasteiger partial charge in [-0.2, -0.15) is 0 Å². The van der Waals surface area contributed by atoms with E-state index < -0.39 is 12.0 Å². The van der Waals surface area contributed by atoms with Crippen molar-refractivity contribution in [2.45, 2.75) is 116 Å². The number of hydrogen-bond donors (Lipinski definition) is 2. The number of amides is 1. The van der Waals surface area contributed by atoms with Crippen molar-refractivity contribution < 1.29 is 19.5 Å². The Bertz CT molecular complexity index is 434. The van der Waals surface area contributed by atoms with Crippen molar-refractivity contribution in [1.29, 1.82) is 0 Å². The molecule has 0 fully saturated rings. The van der Waals surface area contributed by atoms with E-state index in [2.05, 4.69) is 24.4 Å². The third-order valence-corrected chi connectivity index (χ3v) is 4.85. The van der Waals surface area contributed by atoms with E-state index in [0.29, 0.717) is 12.7 Å². The Morgan fingerprint density at radius 1 is 0.821 bits per heavy atom. The summed E-state index contributed by atoms with van der Waals surface area (Å²) in [6.45, 7) is 2.25. The van der Waals surface area contributed by atoms with Gasteiger partial charge < -0.3 is 15.2 Å². The molecule has 0 rings (SSSR count). The molecule has 0 saturated heterocycles. The predicted molar refractivity (Wildman–Crippen MR) is 114 cm³/mol. The van der Waals surface area contributed by atoms with Crippen LogP contribution in [0.3, 0.4) is 0 Å². The molecule has 2 N–H and O–H groups in total. The minimum Gasteiger partial charge on any atom is -0.481 e. The van der Waals surface area contributed by atoms with Crippen LogP contribution in [0.5, 0.6) is 0 Å². The van der Waals surface area contributed by atoms with Gasteiger partial charge in [-0.25, -0.2) is 0 Å². The molecule has 0 radical (unpaired) electrons. The molecule has 0 aromatic rings. The topological polar surface area (TPSA) is 83.5 Å². The van der Waals surface area contributed by atoms with Crippen LogP contribution in [0, 0.1) is 0 Å². The van der Waals surface area contributed by atoms with Gasteiger partial charge in [-0.05, 0) is 38.5 Å². The number of hydrogen-bond acceptors (Lipinski definition) is 3. The molecule has 0 spiro atoms. The molecule has 5 heteroatoms. The van der Waals surface area contributed by atoms with E-state index in [-0.39, 0.29) is 18.7 Å². The maximum Gasteiger partial charge on any atom is 0.303 e. The fraction of sp³-hybridized carbons (Fsp3) is 0.783. The minimum atomic E-state index is -0.960. The van der Waals surface area contributed by atoms with Crippen LogP contribution in [0.4, 0.5) is 0 Å². The number of rotatable bonds is 20. The molecule has 0 bridgehead atoms. The van der Waals surface area contributed by atoms with Gasteiger partial charge in [0.25, 0.3) is 0 Å². The smallest absolute Gasteiger partial charge is 0.303 e. The molecule has 28 heavy (non-hydrogen) atoms. The van der Waals surface area contributed by atoms with Crippen molar-refractivity contribution in [3.05, 3.63) is 12.2 Å². The molecule has 0 aliphatic rings. The number of carbonyl (C=O) groups excluding carboxylic acids is 2. The number of carboxylic acid groups (broad SMARTS) is 1. The fourth-order valence-corrected chi connectivity index (χ4v) is 3.09. The summed E-state index contributed by atoms with van der Waals surface area (Å²) < 4.78 is 0. The molecule has 0 aromatic heterocycles. The standard InChI is InChI=1S/C23H41NO4/c1-2-3-4-5-6-7-8-9-10-11-12-13-14-15-16-17-22(26)24-21(20-25)18-19-23(27)28/h9-10,20-21H,2-8,11-19H2,1H3,(H,24,26)(H,27,28)/b10-9-/t21-/m0/s1. The number of nitrogens with one attached hydrogen (secondary N) is 1. The molecule has 0 aromatic carbocycles. The molecule has 5 nitrogen and oxygen atoms in total. The van der Waals surface area contributed by atoms with E-state index in [1.807, 2.05) is 0 Å². The van der Waals surface area contributed by atoms with Gasteiger partial charge in [0.05, 0.1) is 6.04 Å². The first kappa shape index (κ1) is 26.4. The highest BCUT2D eigenvalue weighted by Gasteiger charge is 2.12. The van der Waals surface area contributed by atoms with Crippen molar-refractivity contribution in [2.24, 2.45) is 0 Å². The Balaban J connectivity index is 3.44. The molecule has 1 amide bonds. The van der Waals surface area contributed by atoms with Crippen molar-refractivity contribution in [1.82, 2.24) is 5.32 Å². The van der Waals surface area contributed by atoms with Gasteiger partial charge in [-0.3, -0.25) is 9.59 Å². The zero-order valence-electron chi connectivity index (χ0n) is 17.8. The highest BCUT2D eigenvalue weighted by Crippen LogP contribution is 2.10. The molecular weight excluding hydrogens is 354 g/mol. The highest BCUT2D eigenvalue weighted by molar-refractivity contribution is 5.79. The Morgan fingerprint density at radius 3 is 1.89 bits per heavy atom. The summed E-state index contributed by atoms with van der Waals surface area (Å²) in [6.07, 6.45) is 21.4. The van der Waals surface area contributed by atoms with Gasteiger partial charge in [0.15, 0.2) is 0 Å². The lowest BCUT2D eigenvalue weighted by molar-refractivity contribution is -0.137. The van der Waals surface area contributed by atoms with E-state index in [1.54, 1.807) is 0 Å². The monoisotopic (exact) mass is 395 g/mol. The van der Waals surface area contributed by atoms with Crippen LogP contribution < -0.4 is 5.32 Å². The SMILES string of the molecule is CCCCCCCC/C=C\CCCCCCCC(=O)N[C@H](C=O)CCC(=O)O. The maximum atomic E-state index is 11.8. The normalized spacial score (nSPS) is 12.2. The van der Waals surface area contributed by atoms with Crippen LogP contribution in [0.15, 0.2) is 12.2 Å². The summed E-state index contributed by atoms with van der Waals surface area (Å²) >= 11 is 0. The molecule has 162 valence electrons. The summed E-state index contributed by atoms with van der Waals surface area (Å²) in [5, 5.41) is 11.2. The molecule has 0 heterocycles. The Hall–Kier alpha value is -1.65. The van der Waals surface area contributed by atoms with Crippen LogP contribution in [-0.4, -0.2) is 29.3 Å². The molecule has 0 saturated carbocycles. The number of carbonyl (C=O) groups is 3. The second-order valence-corrected chi connectivity index (χ2v) is 7.58. The lowest BCUT2D eigenvalue weighted by atomic mass is 10.1. The number of carboxylic acids is 1. The summed E-state index contributed by atoms with van der Waals surface area (Å²) in [5.41, 5.74) is 0. The fourth-order valence-electron chi connectivity index (χ4n) is 3.09. The minimum absolute atomic E-state index is 0.114. The first-order valence-electron chi connectivity index (χ1n) is 11.2. The van der Waals surface area contributed by atoms with Gasteiger partial charge in [-0.1, -0.05) is 70.4 Å². The van der Waals surface area contributed by atoms with E-state index in [0.717, 1.165) is 25.7 Å². The van der Waals surface area contributed by atoms with E-state index in [4.69, 9.17) is 5.11 Å². The summed E-state index contributed by atoms with van der Waals surface area (Å²) in [6, 6.07) is -0.688. The number of aliphatic carboxylic acids is 1. The first-order valence-corrected chi connectivity index (χ1v) is 11.2. The van der Waals surface area contributed by atoms with Gasteiger partial charge in [0, 0.05) is 12.8 Å². The molecule has 0 aliphatic heterocycles. The predicted octanol–water partition coefficient (Wildman–Crippen LogP) is 5.57. The van der Waals surface area contributed by atoms with Gasteiger partial charge in [0.1, 0.15) is 6.29 Å². The lowest BCUT2D eigenvalue weighted by Crippen LogP contribution is -2.36. The van der Waals surface area contributed by atoms with Crippen molar-refractivity contribution in [2.75, 3.05) is 0 Å². The van der Waals surface area contributed by atoms with Gasteiger partial charge in [0.2, 0.25) is 5.91 Å². The van der Waals surface area contributed by atoms with Gasteiger partial charge >= 0.3 is 5.97 Å².